The van der Waals surface area contributed by atoms with Crippen molar-refractivity contribution in [3.05, 3.63) is 122 Å². The van der Waals surface area contributed by atoms with E-state index in [0.717, 1.165) is 122 Å². The first-order chi connectivity index (χ1) is 34.0. The topological polar surface area (TPSA) is 192 Å². The van der Waals surface area contributed by atoms with Gasteiger partial charge in [-0.1, -0.05) is 180 Å². The number of ether oxygens (including phenoxy) is 2. The number of carbonyl (C=O) groups is 1. The second-order valence-corrected chi connectivity index (χ2v) is 19.0. The van der Waals surface area contributed by atoms with Gasteiger partial charge in [0.25, 0.3) is 0 Å². The summed E-state index contributed by atoms with van der Waals surface area (Å²) in [6.45, 7) is 3.97. The van der Waals surface area contributed by atoms with Crippen molar-refractivity contribution in [2.75, 3.05) is 19.8 Å². The van der Waals surface area contributed by atoms with Gasteiger partial charge in [0.15, 0.2) is 0 Å². The molecule has 0 aromatic heterocycles. The maximum Gasteiger partial charge on any atom is 0.472 e. The largest absolute Gasteiger partial charge is 0.472 e. The van der Waals surface area contributed by atoms with Crippen LogP contribution in [-0.2, 0) is 27.9 Å². The van der Waals surface area contributed by atoms with E-state index in [1.807, 2.05) is 0 Å². The lowest BCUT2D eigenvalue weighted by molar-refractivity contribution is -0.220. The van der Waals surface area contributed by atoms with Crippen LogP contribution in [0.2, 0.25) is 0 Å². The molecule has 0 aromatic rings. The van der Waals surface area contributed by atoms with Crippen molar-refractivity contribution in [1.29, 1.82) is 0 Å². The summed E-state index contributed by atoms with van der Waals surface area (Å²) < 4.78 is 34.3. The SMILES string of the molecule is CC/C=C\C/C=C\C/C=C\C/C=C\C/C=C\C/C=C\CCCCCCC(=O)OC(COCCCCCCCCC/C=C\C/C=C\C/C=C\C/C=C\CC)COP(=O)(O)OC1C(O)C(O)C(O)C(O)C1O. The van der Waals surface area contributed by atoms with E-state index < -0.39 is 63.1 Å². The number of phosphoric acid groups is 1. The quantitative estimate of drug-likeness (QED) is 0.0147. The van der Waals surface area contributed by atoms with Crippen molar-refractivity contribution in [1.82, 2.24) is 0 Å². The molecule has 70 heavy (non-hydrogen) atoms. The Bertz CT molecular complexity index is 1610. The van der Waals surface area contributed by atoms with E-state index in [2.05, 4.69) is 135 Å². The minimum absolute atomic E-state index is 0.104. The van der Waals surface area contributed by atoms with Crippen LogP contribution in [0.1, 0.15) is 168 Å². The van der Waals surface area contributed by atoms with Crippen LogP contribution < -0.4 is 0 Å². The fourth-order valence-electron chi connectivity index (χ4n) is 7.23. The van der Waals surface area contributed by atoms with Crippen molar-refractivity contribution < 1.29 is 58.3 Å². The summed E-state index contributed by atoms with van der Waals surface area (Å²) in [6.07, 6.45) is 54.0. The first-order valence-corrected chi connectivity index (χ1v) is 27.9. The fourth-order valence-corrected chi connectivity index (χ4v) is 8.20. The van der Waals surface area contributed by atoms with Crippen molar-refractivity contribution in [2.24, 2.45) is 0 Å². The van der Waals surface area contributed by atoms with Crippen LogP contribution in [0, 0.1) is 0 Å². The molecule has 0 aromatic carbocycles. The molecule has 0 aliphatic heterocycles. The van der Waals surface area contributed by atoms with Gasteiger partial charge in [0.2, 0.25) is 0 Å². The number of carbonyl (C=O) groups excluding carboxylic acids is 1. The molecule has 1 fully saturated rings. The lowest BCUT2D eigenvalue weighted by atomic mass is 9.85. The zero-order chi connectivity index (χ0) is 51.2. The van der Waals surface area contributed by atoms with Crippen LogP contribution in [0.15, 0.2) is 122 Å². The number of hydrogen-bond donors (Lipinski definition) is 6. The van der Waals surface area contributed by atoms with Crippen LogP contribution in [0.4, 0.5) is 0 Å². The van der Waals surface area contributed by atoms with Crippen LogP contribution >= 0.6 is 7.82 Å². The first kappa shape index (κ1) is 64.8. The third kappa shape index (κ3) is 36.6. The highest BCUT2D eigenvalue weighted by molar-refractivity contribution is 7.47. The second kappa shape index (κ2) is 45.6. The zero-order valence-electron chi connectivity index (χ0n) is 42.8. The molecule has 1 aliphatic rings. The Kier molecular flexibility index (Phi) is 42.2. The highest BCUT2D eigenvalue weighted by Crippen LogP contribution is 2.47. The van der Waals surface area contributed by atoms with E-state index in [0.29, 0.717) is 13.0 Å². The van der Waals surface area contributed by atoms with Gasteiger partial charge in [-0.05, 0) is 103 Å². The average Bonchev–Trinajstić information content (AvgIpc) is 3.35. The Morgan fingerprint density at radius 3 is 1.21 bits per heavy atom. The Labute approximate surface area is 422 Å². The van der Waals surface area contributed by atoms with E-state index in [1.165, 1.54) is 19.3 Å². The number of rotatable bonds is 43. The molecule has 0 amide bonds. The van der Waals surface area contributed by atoms with Gasteiger partial charge in [-0.15, -0.1) is 0 Å². The first-order valence-electron chi connectivity index (χ1n) is 26.4. The Balaban J connectivity index is 2.38. The van der Waals surface area contributed by atoms with Gasteiger partial charge < -0.3 is 39.9 Å². The van der Waals surface area contributed by atoms with Crippen molar-refractivity contribution in [2.45, 2.75) is 211 Å². The summed E-state index contributed by atoms with van der Waals surface area (Å²) in [5.74, 6) is -0.511. The molecule has 1 saturated carbocycles. The molecule has 6 N–H and O–H groups in total. The molecule has 6 atom stereocenters. The van der Waals surface area contributed by atoms with Gasteiger partial charge in [0.1, 0.15) is 42.7 Å². The summed E-state index contributed by atoms with van der Waals surface area (Å²) in [7, 11) is -5.05. The Morgan fingerprint density at radius 2 is 0.800 bits per heavy atom. The minimum atomic E-state index is -5.05. The van der Waals surface area contributed by atoms with Crippen molar-refractivity contribution >= 4 is 13.8 Å². The van der Waals surface area contributed by atoms with Gasteiger partial charge in [-0.2, -0.15) is 0 Å². The lowest BCUT2D eigenvalue weighted by Crippen LogP contribution is -2.64. The van der Waals surface area contributed by atoms with Crippen LogP contribution in [0.3, 0.4) is 0 Å². The van der Waals surface area contributed by atoms with E-state index in [9.17, 15) is 39.8 Å². The average molecular weight is 1000 g/mol. The third-order valence-electron chi connectivity index (χ3n) is 11.3. The van der Waals surface area contributed by atoms with Crippen LogP contribution in [0.25, 0.3) is 0 Å². The molecule has 0 bridgehead atoms. The Morgan fingerprint density at radius 1 is 0.457 bits per heavy atom. The third-order valence-corrected chi connectivity index (χ3v) is 12.3. The Hall–Kier alpha value is -3.26. The normalized spacial score (nSPS) is 21.9. The monoisotopic (exact) mass is 1000 g/mol. The number of unbranched alkanes of at least 4 members (excludes halogenated alkanes) is 11. The van der Waals surface area contributed by atoms with Gasteiger partial charge >= 0.3 is 13.8 Å². The number of aliphatic hydroxyl groups excluding tert-OH is 5. The summed E-state index contributed by atoms with van der Waals surface area (Å²) in [5.41, 5.74) is 0. The summed E-state index contributed by atoms with van der Waals surface area (Å²) >= 11 is 0. The minimum Gasteiger partial charge on any atom is -0.457 e. The highest BCUT2D eigenvalue weighted by atomic mass is 31.2. The molecule has 0 radical (unpaired) electrons. The van der Waals surface area contributed by atoms with Gasteiger partial charge in [-0.25, -0.2) is 4.57 Å². The number of hydrogen-bond acceptors (Lipinski definition) is 11. The molecular weight excluding hydrogens is 908 g/mol. The molecule has 398 valence electrons. The molecule has 13 heteroatoms. The van der Waals surface area contributed by atoms with Crippen LogP contribution in [0.5, 0.6) is 0 Å². The molecular formula is C57H93O12P. The van der Waals surface area contributed by atoms with E-state index in [-0.39, 0.29) is 13.0 Å². The highest BCUT2D eigenvalue weighted by Gasteiger charge is 2.51. The molecule has 0 spiro atoms. The predicted molar refractivity (Wildman–Crippen MR) is 285 cm³/mol. The van der Waals surface area contributed by atoms with Gasteiger partial charge in [0, 0.05) is 13.0 Å². The summed E-state index contributed by atoms with van der Waals surface area (Å²) in [6, 6.07) is 0. The number of allylic oxidation sites excluding steroid dienone is 20. The van der Waals surface area contributed by atoms with Crippen molar-refractivity contribution in [3.8, 4) is 0 Å². The van der Waals surface area contributed by atoms with Crippen LogP contribution in [-0.4, -0.2) is 98.9 Å². The number of esters is 1. The molecule has 1 aliphatic carbocycles. The zero-order valence-corrected chi connectivity index (χ0v) is 43.7. The molecule has 1 rings (SSSR count). The number of phosphoric ester groups is 1. The fraction of sp³-hybridized carbons (Fsp3) is 0.632. The maximum atomic E-state index is 12.9. The number of aliphatic hydroxyl groups is 5. The maximum absolute atomic E-state index is 12.9. The summed E-state index contributed by atoms with van der Waals surface area (Å²) in [5, 5.41) is 50.4. The molecule has 6 unspecified atom stereocenters. The molecule has 0 heterocycles. The molecule has 12 nitrogen and oxygen atoms in total. The molecule has 0 saturated heterocycles. The lowest BCUT2D eigenvalue weighted by Gasteiger charge is -2.41. The van der Waals surface area contributed by atoms with Gasteiger partial charge in [0.05, 0.1) is 13.2 Å². The van der Waals surface area contributed by atoms with Crippen molar-refractivity contribution in [3.63, 3.8) is 0 Å². The van der Waals surface area contributed by atoms with E-state index in [1.54, 1.807) is 0 Å². The standard InChI is InChI=1S/C57H93O12P/c1-3-5-7-9-11-13-15-17-19-21-23-25-26-27-28-30-32-34-36-38-40-42-44-46-51(58)68-50(49-67-70(64,65)69-57-55(62)53(60)52(59)54(61)56(57)63)48-66-47-45-43-41-39-37-35-33-31-29-24-22-20-18-16-14-12-10-8-6-4-2/h5-8,11-14,17-20,23-25,27-29,32,34,50,52-57,59-63H,3-4,9-10,15-16,21-22,26,30-31,33,35-49H2,1-2H3,(H,64,65)/b7-5-,8-6-,13-11-,14-12-,19-17-,20-18-,25-23-,28-27-,29-24-,34-32-. The van der Waals surface area contributed by atoms with Gasteiger partial charge in [-0.3, -0.25) is 13.8 Å². The van der Waals surface area contributed by atoms with E-state index >= 15 is 0 Å². The predicted octanol–water partition coefficient (Wildman–Crippen LogP) is 12.2. The second-order valence-electron chi connectivity index (χ2n) is 17.6. The smallest absolute Gasteiger partial charge is 0.457 e. The summed E-state index contributed by atoms with van der Waals surface area (Å²) in [4.78, 5) is 23.3. The van der Waals surface area contributed by atoms with E-state index in [4.69, 9.17) is 18.5 Å².